The first-order valence-electron chi connectivity index (χ1n) is 14.5. The molecule has 4 aromatic heterocycles. The van der Waals surface area contributed by atoms with Crippen LogP contribution < -0.4 is 0 Å². The normalized spacial score (nSPS) is 11.2. The second-order valence-corrected chi connectivity index (χ2v) is 18.4. The first kappa shape index (κ1) is 32.8. The highest BCUT2D eigenvalue weighted by atomic mass is 35.5. The van der Waals surface area contributed by atoms with Crippen LogP contribution in [0.1, 0.15) is 11.1 Å². The number of halogens is 2. The maximum Gasteiger partial charge on any atom is 0.222 e. The Morgan fingerprint density at radius 2 is 1.43 bits per heavy atom. The minimum atomic E-state index is -1.13. The fourth-order valence-electron chi connectivity index (χ4n) is 4.95. The summed E-state index contributed by atoms with van der Waals surface area (Å²) < 4.78 is 7.98. The standard InChI is InChI=1S/C20H23ClN4OSi.C14H9ClN4/c1-14-11-23-20(21)24-19(14)17-12-25(13-26-8-9-27(3,4)5)18-10-15(22-2)6-7-16(17)18;1-8-6-18-14(15)19-13(8)11-7-17-12-5-9(16-2)3-4-10(11)12/h6-7,10-12H,8-9,13H2,1,3-5H3;3-7,17H,1H3. The highest BCUT2D eigenvalue weighted by Gasteiger charge is 2.16. The van der Waals surface area contributed by atoms with Gasteiger partial charge in [-0.15, -0.1) is 0 Å². The average Bonchev–Trinajstić information content (AvgIpc) is 3.62. The number of aromatic nitrogens is 6. The van der Waals surface area contributed by atoms with Crippen molar-refractivity contribution in [3.05, 3.63) is 106 Å². The first-order valence-corrected chi connectivity index (χ1v) is 19.0. The van der Waals surface area contributed by atoms with Gasteiger partial charge in [0.2, 0.25) is 10.6 Å². The molecule has 0 aliphatic carbocycles. The van der Waals surface area contributed by atoms with Crippen molar-refractivity contribution in [2.45, 2.75) is 46.3 Å². The van der Waals surface area contributed by atoms with Crippen LogP contribution in [0.4, 0.5) is 11.4 Å². The molecule has 2 aromatic carbocycles. The molecule has 0 radical (unpaired) electrons. The topological polar surface area (TPSA) is 90.2 Å². The molecule has 0 aliphatic heterocycles. The number of aromatic amines is 1. The van der Waals surface area contributed by atoms with Gasteiger partial charge in [-0.25, -0.2) is 29.6 Å². The van der Waals surface area contributed by atoms with Gasteiger partial charge in [-0.3, -0.25) is 0 Å². The third kappa shape index (κ3) is 7.44. The van der Waals surface area contributed by atoms with Gasteiger partial charge in [-0.05, 0) is 66.4 Å². The van der Waals surface area contributed by atoms with E-state index in [1.54, 1.807) is 18.5 Å². The van der Waals surface area contributed by atoms with Crippen molar-refractivity contribution in [2.24, 2.45) is 0 Å². The van der Waals surface area contributed by atoms with E-state index in [4.69, 9.17) is 41.1 Å². The van der Waals surface area contributed by atoms with Crippen LogP contribution in [0, 0.1) is 27.0 Å². The Bertz CT molecular complexity index is 2140. The molecule has 12 heteroatoms. The van der Waals surface area contributed by atoms with Gasteiger partial charge in [0.15, 0.2) is 11.4 Å². The molecule has 0 bridgehead atoms. The maximum atomic E-state index is 7.31. The highest BCUT2D eigenvalue weighted by molar-refractivity contribution is 6.76. The number of nitrogens with zero attached hydrogens (tertiary/aromatic N) is 7. The summed E-state index contributed by atoms with van der Waals surface area (Å²) in [6.45, 7) is 26.4. The smallest absolute Gasteiger partial charge is 0.222 e. The summed E-state index contributed by atoms with van der Waals surface area (Å²) in [7, 11) is -1.13. The van der Waals surface area contributed by atoms with Crippen molar-refractivity contribution >= 4 is 64.5 Å². The predicted molar refractivity (Wildman–Crippen MR) is 188 cm³/mol. The number of hydrogen-bond acceptors (Lipinski definition) is 5. The summed E-state index contributed by atoms with van der Waals surface area (Å²) in [6.07, 6.45) is 7.34. The second kappa shape index (κ2) is 13.8. The molecule has 6 rings (SSSR count). The molecular weight excluding hydrogens is 635 g/mol. The number of nitrogens with one attached hydrogen (secondary N) is 1. The molecule has 0 atom stereocenters. The Labute approximate surface area is 278 Å². The summed E-state index contributed by atoms with van der Waals surface area (Å²) >= 11 is 11.9. The van der Waals surface area contributed by atoms with Crippen LogP contribution >= 0.6 is 23.2 Å². The van der Waals surface area contributed by atoms with Gasteiger partial charge in [-0.2, -0.15) is 0 Å². The number of ether oxygens (including phenoxy) is 1. The molecule has 6 aromatic rings. The number of fused-ring (bicyclic) bond motifs is 2. The number of rotatable bonds is 7. The van der Waals surface area contributed by atoms with Crippen molar-refractivity contribution in [3.8, 4) is 22.5 Å². The van der Waals surface area contributed by atoms with Gasteiger partial charge in [0.1, 0.15) is 6.73 Å². The summed E-state index contributed by atoms with van der Waals surface area (Å²) in [5.41, 5.74) is 8.54. The van der Waals surface area contributed by atoms with E-state index in [-0.39, 0.29) is 10.6 Å². The van der Waals surface area contributed by atoms with Crippen molar-refractivity contribution in [1.82, 2.24) is 29.5 Å². The third-order valence-corrected chi connectivity index (χ3v) is 9.48. The van der Waals surface area contributed by atoms with Crippen molar-refractivity contribution in [2.75, 3.05) is 6.61 Å². The Balaban J connectivity index is 0.000000192. The zero-order chi connectivity index (χ0) is 33.0. The molecule has 0 fully saturated rings. The zero-order valence-electron chi connectivity index (χ0n) is 26.2. The van der Waals surface area contributed by atoms with Crippen molar-refractivity contribution < 1.29 is 4.74 Å². The lowest BCUT2D eigenvalue weighted by Gasteiger charge is -2.15. The van der Waals surface area contributed by atoms with Crippen LogP contribution in [-0.4, -0.2) is 44.2 Å². The lowest BCUT2D eigenvalue weighted by atomic mass is 10.1. The minimum absolute atomic E-state index is 0.223. The molecule has 0 aliphatic rings. The molecule has 4 heterocycles. The Hall–Kier alpha value is -4.58. The van der Waals surface area contributed by atoms with Gasteiger partial charge in [0.05, 0.1) is 24.5 Å². The maximum absolute atomic E-state index is 7.31. The summed E-state index contributed by atoms with van der Waals surface area (Å²) in [6, 6.07) is 12.3. The predicted octanol–water partition coefficient (Wildman–Crippen LogP) is 10.1. The lowest BCUT2D eigenvalue weighted by Crippen LogP contribution is -2.21. The summed E-state index contributed by atoms with van der Waals surface area (Å²) in [5.74, 6) is 0. The molecule has 1 N–H and O–H groups in total. The van der Waals surface area contributed by atoms with Crippen molar-refractivity contribution in [3.63, 3.8) is 0 Å². The molecule has 232 valence electrons. The third-order valence-electron chi connectivity index (χ3n) is 7.41. The van der Waals surface area contributed by atoms with E-state index in [9.17, 15) is 0 Å². The van der Waals surface area contributed by atoms with E-state index in [2.05, 4.69) is 54.3 Å². The zero-order valence-corrected chi connectivity index (χ0v) is 28.7. The van der Waals surface area contributed by atoms with Crippen LogP contribution in [-0.2, 0) is 11.5 Å². The Morgan fingerprint density at radius 1 is 0.848 bits per heavy atom. The Morgan fingerprint density at radius 3 is 2.04 bits per heavy atom. The molecule has 46 heavy (non-hydrogen) atoms. The monoisotopic (exact) mass is 666 g/mol. The number of H-pyrrole nitrogens is 1. The fraction of sp³-hybridized carbons (Fsp3) is 0.235. The van der Waals surface area contributed by atoms with Gasteiger partial charge in [0, 0.05) is 72.4 Å². The Kier molecular flexibility index (Phi) is 9.85. The van der Waals surface area contributed by atoms with E-state index in [1.165, 1.54) is 0 Å². The quantitative estimate of drug-likeness (QED) is 0.0792. The average molecular weight is 668 g/mol. The van der Waals surface area contributed by atoms with Gasteiger partial charge < -0.3 is 14.3 Å². The molecule has 0 saturated heterocycles. The number of hydrogen-bond donors (Lipinski definition) is 1. The number of aryl methyl sites for hydroxylation is 2. The first-order chi connectivity index (χ1) is 22.0. The molecule has 0 unspecified atom stereocenters. The molecule has 0 saturated carbocycles. The lowest BCUT2D eigenvalue weighted by molar-refractivity contribution is 0.0903. The van der Waals surface area contributed by atoms with E-state index in [0.717, 1.165) is 68.1 Å². The van der Waals surface area contributed by atoms with Crippen LogP contribution in [0.25, 0.3) is 54.0 Å². The SMILES string of the molecule is [C-]#[N+]c1ccc2c(-c3nc(Cl)ncc3C)c[nH]c2c1.[C-]#[N+]c1ccc2c(-c3nc(Cl)ncc3C)cn(COCC[Si](C)(C)C)c2c1. The van der Waals surface area contributed by atoms with E-state index < -0.39 is 8.07 Å². The van der Waals surface area contributed by atoms with E-state index in [0.29, 0.717) is 18.1 Å². The van der Waals surface area contributed by atoms with Gasteiger partial charge >= 0.3 is 0 Å². The summed E-state index contributed by atoms with van der Waals surface area (Å²) in [4.78, 5) is 26.9. The second-order valence-electron chi connectivity index (χ2n) is 12.1. The van der Waals surface area contributed by atoms with Gasteiger partial charge in [-0.1, -0.05) is 43.9 Å². The molecule has 0 spiro atoms. The van der Waals surface area contributed by atoms with E-state index >= 15 is 0 Å². The van der Waals surface area contributed by atoms with Crippen LogP contribution in [0.15, 0.2) is 61.2 Å². The van der Waals surface area contributed by atoms with Crippen LogP contribution in [0.2, 0.25) is 36.3 Å². The van der Waals surface area contributed by atoms with Gasteiger partial charge in [0.25, 0.3) is 0 Å². The summed E-state index contributed by atoms with van der Waals surface area (Å²) in [5, 5.41) is 2.49. The largest absolute Gasteiger partial charge is 0.362 e. The molecule has 9 nitrogen and oxygen atoms in total. The minimum Gasteiger partial charge on any atom is -0.362 e. The fourth-order valence-corrected chi connectivity index (χ4v) is 5.98. The van der Waals surface area contributed by atoms with Crippen molar-refractivity contribution in [1.29, 1.82) is 0 Å². The molecular formula is C34H32Cl2N8OSi. The van der Waals surface area contributed by atoms with E-state index in [1.807, 2.05) is 61.1 Å². The molecule has 0 amide bonds. The number of benzene rings is 2. The highest BCUT2D eigenvalue weighted by Crippen LogP contribution is 2.34. The van der Waals surface area contributed by atoms with Crippen LogP contribution in [0.5, 0.6) is 0 Å². The van der Waals surface area contributed by atoms with Crippen LogP contribution in [0.3, 0.4) is 0 Å².